The molecule has 10 nitrogen and oxygen atoms in total. The van der Waals surface area contributed by atoms with Gasteiger partial charge in [0.05, 0.1) is 20.3 Å². The number of amides is 3. The third-order valence-electron chi connectivity index (χ3n) is 4.62. The van der Waals surface area contributed by atoms with Crippen molar-refractivity contribution in [2.75, 3.05) is 46.6 Å². The maximum Gasteiger partial charge on any atom is 0.276 e. The molecule has 1 aliphatic rings. The lowest BCUT2D eigenvalue weighted by Crippen LogP contribution is -2.43. The minimum absolute atomic E-state index is 0.176. The van der Waals surface area contributed by atoms with Crippen LogP contribution in [0.4, 0.5) is 4.39 Å². The number of hydrogen-bond acceptors (Lipinski definition) is 7. The molecule has 0 aromatic heterocycles. The highest BCUT2D eigenvalue weighted by Gasteiger charge is 2.18. The van der Waals surface area contributed by atoms with Gasteiger partial charge < -0.3 is 23.8 Å². The minimum atomic E-state index is -0.638. The Morgan fingerprint density at radius 2 is 1.79 bits per heavy atom. The summed E-state index contributed by atoms with van der Waals surface area (Å²) in [4.78, 5) is 38.1. The third-order valence-corrected chi connectivity index (χ3v) is 4.62. The number of methoxy groups -OCH3 is 1. The molecule has 1 fully saturated rings. The molecule has 2 aromatic rings. The zero-order chi connectivity index (χ0) is 23.6. The fourth-order valence-electron chi connectivity index (χ4n) is 2.91. The molecular formula is C22H24FN3O7. The Morgan fingerprint density at radius 3 is 2.52 bits per heavy atom. The molecule has 0 atom stereocenters. The molecule has 0 radical (unpaired) electrons. The molecular weight excluding hydrogens is 437 g/mol. The SMILES string of the molecule is COc1cc(C(=O)NNC(=O)COc2cccc(F)c2)ccc1OCC(=O)N1CCOCC1. The average molecular weight is 461 g/mol. The number of benzene rings is 2. The Hall–Kier alpha value is -3.86. The van der Waals surface area contributed by atoms with Crippen molar-refractivity contribution in [1.82, 2.24) is 15.8 Å². The van der Waals surface area contributed by atoms with Gasteiger partial charge in [-0.15, -0.1) is 0 Å². The van der Waals surface area contributed by atoms with Gasteiger partial charge in [-0.25, -0.2) is 4.39 Å². The highest BCUT2D eigenvalue weighted by molar-refractivity contribution is 5.96. The van der Waals surface area contributed by atoms with Crippen LogP contribution in [0.2, 0.25) is 0 Å². The number of halogens is 1. The summed E-state index contributed by atoms with van der Waals surface area (Å²) in [5.74, 6) is -1.19. The van der Waals surface area contributed by atoms with Crippen LogP contribution in [0, 0.1) is 5.82 Å². The second-order valence-electron chi connectivity index (χ2n) is 6.90. The van der Waals surface area contributed by atoms with Crippen LogP contribution >= 0.6 is 0 Å². The Balaban J connectivity index is 1.48. The van der Waals surface area contributed by atoms with E-state index in [-0.39, 0.29) is 29.6 Å². The van der Waals surface area contributed by atoms with E-state index >= 15 is 0 Å². The smallest absolute Gasteiger partial charge is 0.276 e. The Kier molecular flexibility index (Phi) is 8.42. The lowest BCUT2D eigenvalue weighted by Gasteiger charge is -2.26. The molecule has 1 heterocycles. The first-order chi connectivity index (χ1) is 16.0. The van der Waals surface area contributed by atoms with Crippen LogP contribution in [0.5, 0.6) is 17.2 Å². The predicted octanol–water partition coefficient (Wildman–Crippen LogP) is 0.912. The van der Waals surface area contributed by atoms with E-state index in [9.17, 15) is 18.8 Å². The number of rotatable bonds is 8. The van der Waals surface area contributed by atoms with E-state index in [2.05, 4.69) is 10.9 Å². The van der Waals surface area contributed by atoms with Crippen LogP contribution < -0.4 is 25.1 Å². The number of carbonyl (C=O) groups is 3. The number of nitrogens with one attached hydrogen (secondary N) is 2. The van der Waals surface area contributed by atoms with Gasteiger partial charge >= 0.3 is 0 Å². The van der Waals surface area contributed by atoms with Crippen LogP contribution in [0.3, 0.4) is 0 Å². The van der Waals surface area contributed by atoms with Crippen LogP contribution in [-0.2, 0) is 14.3 Å². The average Bonchev–Trinajstić information content (AvgIpc) is 2.85. The Bertz CT molecular complexity index is 996. The van der Waals surface area contributed by atoms with E-state index in [1.807, 2.05) is 0 Å². The molecule has 0 saturated carbocycles. The molecule has 1 aliphatic heterocycles. The van der Waals surface area contributed by atoms with Gasteiger partial charge in [-0.2, -0.15) is 0 Å². The minimum Gasteiger partial charge on any atom is -0.493 e. The second kappa shape index (κ2) is 11.7. The van der Waals surface area contributed by atoms with Crippen molar-refractivity contribution in [2.45, 2.75) is 0 Å². The number of carbonyl (C=O) groups excluding carboxylic acids is 3. The molecule has 0 bridgehead atoms. The topological polar surface area (TPSA) is 115 Å². The molecule has 3 amide bonds. The number of nitrogens with zero attached hydrogens (tertiary/aromatic N) is 1. The molecule has 33 heavy (non-hydrogen) atoms. The molecule has 11 heteroatoms. The summed E-state index contributed by atoms with van der Waals surface area (Å²) in [5.41, 5.74) is 4.64. The van der Waals surface area contributed by atoms with Gasteiger partial charge in [-0.05, 0) is 30.3 Å². The fraction of sp³-hybridized carbons (Fsp3) is 0.318. The maximum absolute atomic E-state index is 13.1. The first-order valence-electron chi connectivity index (χ1n) is 10.1. The predicted molar refractivity (Wildman–Crippen MR) is 113 cm³/mol. The quantitative estimate of drug-likeness (QED) is 0.562. The van der Waals surface area contributed by atoms with Gasteiger partial charge in [0.1, 0.15) is 11.6 Å². The molecule has 3 rings (SSSR count). The van der Waals surface area contributed by atoms with Crippen molar-refractivity contribution in [3.05, 3.63) is 53.8 Å². The van der Waals surface area contributed by atoms with Gasteiger partial charge in [0.25, 0.3) is 17.7 Å². The molecule has 0 unspecified atom stereocenters. The van der Waals surface area contributed by atoms with Crippen LogP contribution in [0.15, 0.2) is 42.5 Å². The van der Waals surface area contributed by atoms with Crippen molar-refractivity contribution in [2.24, 2.45) is 0 Å². The lowest BCUT2D eigenvalue weighted by atomic mass is 10.2. The van der Waals surface area contributed by atoms with Gasteiger partial charge in [-0.3, -0.25) is 25.2 Å². The summed E-state index contributed by atoms with van der Waals surface area (Å²) in [6, 6.07) is 9.70. The number of hydrogen-bond donors (Lipinski definition) is 2. The van der Waals surface area contributed by atoms with Gasteiger partial charge in [0, 0.05) is 24.7 Å². The summed E-state index contributed by atoms with van der Waals surface area (Å²) in [6.45, 7) is 1.41. The van der Waals surface area contributed by atoms with E-state index in [1.54, 1.807) is 4.90 Å². The van der Waals surface area contributed by atoms with Gasteiger partial charge in [0.15, 0.2) is 24.7 Å². The first-order valence-corrected chi connectivity index (χ1v) is 10.1. The van der Waals surface area contributed by atoms with E-state index in [0.717, 1.165) is 6.07 Å². The highest BCUT2D eigenvalue weighted by Crippen LogP contribution is 2.28. The molecule has 176 valence electrons. The summed E-state index contributed by atoms with van der Waals surface area (Å²) in [7, 11) is 1.40. The van der Waals surface area contributed by atoms with Crippen LogP contribution in [-0.4, -0.2) is 69.2 Å². The molecule has 0 spiro atoms. The van der Waals surface area contributed by atoms with E-state index in [4.69, 9.17) is 18.9 Å². The van der Waals surface area contributed by atoms with Crippen molar-refractivity contribution in [1.29, 1.82) is 0 Å². The normalized spacial score (nSPS) is 13.1. The summed E-state index contributed by atoms with van der Waals surface area (Å²) < 4.78 is 34.3. The van der Waals surface area contributed by atoms with Crippen molar-refractivity contribution in [3.63, 3.8) is 0 Å². The summed E-state index contributed by atoms with van der Waals surface area (Å²) >= 11 is 0. The molecule has 2 N–H and O–H groups in total. The molecule has 2 aromatic carbocycles. The first kappa shape index (κ1) is 23.8. The number of ether oxygens (including phenoxy) is 4. The van der Waals surface area contributed by atoms with Crippen molar-refractivity contribution < 1.29 is 37.7 Å². The van der Waals surface area contributed by atoms with Crippen LogP contribution in [0.1, 0.15) is 10.4 Å². The number of morpholine rings is 1. The highest BCUT2D eigenvalue weighted by atomic mass is 19.1. The van der Waals surface area contributed by atoms with Crippen molar-refractivity contribution >= 4 is 17.7 Å². The lowest BCUT2D eigenvalue weighted by molar-refractivity contribution is -0.137. The second-order valence-corrected chi connectivity index (χ2v) is 6.90. The Morgan fingerprint density at radius 1 is 1.00 bits per heavy atom. The number of hydrazine groups is 1. The fourth-order valence-corrected chi connectivity index (χ4v) is 2.91. The standard InChI is InChI=1S/C22H24FN3O7/c1-30-19-11-15(5-6-18(19)33-14-21(28)26-7-9-31-10-8-26)22(29)25-24-20(27)13-32-17-4-2-3-16(23)12-17/h2-6,11-12H,7-10,13-14H2,1H3,(H,24,27)(H,25,29). The van der Waals surface area contributed by atoms with E-state index < -0.39 is 24.2 Å². The third kappa shape index (κ3) is 7.07. The van der Waals surface area contributed by atoms with E-state index in [0.29, 0.717) is 32.1 Å². The largest absolute Gasteiger partial charge is 0.493 e. The maximum atomic E-state index is 13.1. The monoisotopic (exact) mass is 461 g/mol. The molecule has 1 saturated heterocycles. The summed E-state index contributed by atoms with van der Waals surface area (Å²) in [6.07, 6.45) is 0. The Labute approximate surface area is 189 Å². The zero-order valence-electron chi connectivity index (χ0n) is 18.0. The van der Waals surface area contributed by atoms with Gasteiger partial charge in [0.2, 0.25) is 0 Å². The summed E-state index contributed by atoms with van der Waals surface area (Å²) in [5, 5.41) is 0. The zero-order valence-corrected chi connectivity index (χ0v) is 18.0. The molecule has 0 aliphatic carbocycles. The van der Waals surface area contributed by atoms with Crippen molar-refractivity contribution in [3.8, 4) is 17.2 Å². The van der Waals surface area contributed by atoms with Crippen LogP contribution in [0.25, 0.3) is 0 Å². The van der Waals surface area contributed by atoms with E-state index in [1.165, 1.54) is 43.5 Å². The van der Waals surface area contributed by atoms with Gasteiger partial charge in [-0.1, -0.05) is 6.07 Å².